The van der Waals surface area contributed by atoms with Crippen LogP contribution in [-0.4, -0.2) is 16.8 Å². The minimum atomic E-state index is 0.0627. The monoisotopic (exact) mass is 403 g/mol. The summed E-state index contributed by atoms with van der Waals surface area (Å²) in [5.74, 6) is 0.887. The first-order valence-electron chi connectivity index (χ1n) is 5.93. The summed E-state index contributed by atoms with van der Waals surface area (Å²) >= 11 is 8.38. The van der Waals surface area contributed by atoms with E-state index in [4.69, 9.17) is 4.42 Å². The first-order valence-corrected chi connectivity index (χ1v) is 8.33. The predicted octanol–water partition coefficient (Wildman–Crippen LogP) is 4.67. The normalized spacial score (nSPS) is 14.6. The molecule has 0 saturated heterocycles. The van der Waals surface area contributed by atoms with Crippen molar-refractivity contribution in [2.24, 2.45) is 0 Å². The van der Waals surface area contributed by atoms with Crippen LogP contribution in [0, 0.1) is 0 Å². The molecule has 2 aromatic rings. The number of nitrogens with zero attached hydrogens (tertiary/aromatic N) is 1. The topological polar surface area (TPSA) is 33.5 Å². The molecular formula is C13H11Br2NO2S. The number of hydrogen-bond acceptors (Lipinski definition) is 3. The van der Waals surface area contributed by atoms with Crippen LogP contribution in [0.15, 0.2) is 36.5 Å². The third-order valence-electron chi connectivity index (χ3n) is 3.04. The lowest BCUT2D eigenvalue weighted by molar-refractivity contribution is 0.0717. The van der Waals surface area contributed by atoms with Crippen LogP contribution in [0.1, 0.15) is 29.0 Å². The molecule has 0 aliphatic heterocycles. The molecule has 0 radical (unpaired) electrons. The summed E-state index contributed by atoms with van der Waals surface area (Å²) in [5, 5.41) is 0. The molecule has 1 aliphatic carbocycles. The molecule has 0 aromatic carbocycles. The van der Waals surface area contributed by atoms with Crippen molar-refractivity contribution in [2.75, 3.05) is 0 Å². The lowest BCUT2D eigenvalue weighted by atomic mass is 10.2. The van der Waals surface area contributed by atoms with E-state index in [0.717, 1.165) is 31.7 Å². The smallest absolute Gasteiger partial charge is 0.256 e. The average molecular weight is 405 g/mol. The van der Waals surface area contributed by atoms with E-state index < -0.39 is 0 Å². The van der Waals surface area contributed by atoms with Gasteiger partial charge in [-0.05, 0) is 62.9 Å². The number of hydrogen-bond donors (Lipinski definition) is 0. The van der Waals surface area contributed by atoms with Crippen LogP contribution in [0.25, 0.3) is 0 Å². The summed E-state index contributed by atoms with van der Waals surface area (Å²) < 4.78 is 7.18. The van der Waals surface area contributed by atoms with E-state index in [1.54, 1.807) is 6.26 Å². The van der Waals surface area contributed by atoms with E-state index in [9.17, 15) is 4.79 Å². The molecule has 1 fully saturated rings. The first-order chi connectivity index (χ1) is 9.15. The van der Waals surface area contributed by atoms with E-state index in [-0.39, 0.29) is 5.91 Å². The molecule has 100 valence electrons. The van der Waals surface area contributed by atoms with Gasteiger partial charge >= 0.3 is 0 Å². The zero-order valence-corrected chi connectivity index (χ0v) is 13.9. The second-order valence-electron chi connectivity index (χ2n) is 4.48. The zero-order chi connectivity index (χ0) is 13.4. The second kappa shape index (κ2) is 5.42. The highest BCUT2D eigenvalue weighted by atomic mass is 79.9. The molecule has 19 heavy (non-hydrogen) atoms. The second-order valence-corrected chi connectivity index (χ2v) is 8.23. The Labute approximate surface area is 131 Å². The summed E-state index contributed by atoms with van der Waals surface area (Å²) in [5.41, 5.74) is 0.718. The zero-order valence-electron chi connectivity index (χ0n) is 9.94. The Bertz CT molecular complexity index is 590. The number of carbonyl (C=O) groups excluding carboxylic acids is 1. The summed E-state index contributed by atoms with van der Waals surface area (Å²) in [6, 6.07) is 5.97. The molecule has 6 heteroatoms. The minimum absolute atomic E-state index is 0.0627. The Balaban J connectivity index is 1.84. The molecule has 1 amide bonds. The van der Waals surface area contributed by atoms with Gasteiger partial charge in [-0.1, -0.05) is 0 Å². The van der Waals surface area contributed by atoms with E-state index in [2.05, 4.69) is 31.9 Å². The van der Waals surface area contributed by atoms with Crippen LogP contribution in [0.4, 0.5) is 0 Å². The number of carbonyl (C=O) groups is 1. The fourth-order valence-corrected chi connectivity index (χ4v) is 4.74. The van der Waals surface area contributed by atoms with Gasteiger partial charge in [0.1, 0.15) is 5.76 Å². The molecule has 3 rings (SSSR count). The molecule has 0 atom stereocenters. The Hall–Kier alpha value is -0.590. The maximum atomic E-state index is 12.6. The van der Waals surface area contributed by atoms with Gasteiger partial charge < -0.3 is 9.32 Å². The molecule has 0 unspecified atom stereocenters. The third kappa shape index (κ3) is 2.95. The van der Waals surface area contributed by atoms with Crippen LogP contribution in [0.3, 0.4) is 0 Å². The SMILES string of the molecule is O=C(c1cc(Br)sc1Br)N(Cc1ccco1)C1CC1. The van der Waals surface area contributed by atoms with Gasteiger partial charge in [0.15, 0.2) is 0 Å². The summed E-state index contributed by atoms with van der Waals surface area (Å²) in [6.45, 7) is 0.538. The number of furan rings is 1. The number of amides is 1. The van der Waals surface area contributed by atoms with Crippen LogP contribution in [0.5, 0.6) is 0 Å². The van der Waals surface area contributed by atoms with Crippen molar-refractivity contribution in [3.63, 3.8) is 0 Å². The van der Waals surface area contributed by atoms with Crippen LogP contribution in [-0.2, 0) is 6.54 Å². The minimum Gasteiger partial charge on any atom is -0.467 e. The Morgan fingerprint density at radius 3 is 2.79 bits per heavy atom. The van der Waals surface area contributed by atoms with Crippen molar-refractivity contribution < 1.29 is 9.21 Å². The maximum absolute atomic E-state index is 12.6. The molecule has 1 saturated carbocycles. The highest BCUT2D eigenvalue weighted by Gasteiger charge is 2.34. The summed E-state index contributed by atoms with van der Waals surface area (Å²) in [4.78, 5) is 14.5. The molecule has 0 N–H and O–H groups in total. The number of halogens is 2. The molecule has 2 heterocycles. The van der Waals surface area contributed by atoms with Gasteiger partial charge in [-0.3, -0.25) is 4.79 Å². The van der Waals surface area contributed by atoms with Crippen molar-refractivity contribution in [1.29, 1.82) is 0 Å². The van der Waals surface area contributed by atoms with Gasteiger partial charge in [0.25, 0.3) is 5.91 Å². The third-order valence-corrected chi connectivity index (χ3v) is 5.38. The lowest BCUT2D eigenvalue weighted by Gasteiger charge is -2.21. The van der Waals surface area contributed by atoms with Gasteiger partial charge in [-0.25, -0.2) is 0 Å². The summed E-state index contributed by atoms with van der Waals surface area (Å²) in [7, 11) is 0. The van der Waals surface area contributed by atoms with E-state index in [0.29, 0.717) is 12.6 Å². The van der Waals surface area contributed by atoms with Crippen molar-refractivity contribution >= 4 is 49.1 Å². The fraction of sp³-hybridized carbons (Fsp3) is 0.308. The number of rotatable bonds is 4. The molecular weight excluding hydrogens is 394 g/mol. The number of thiophene rings is 1. The van der Waals surface area contributed by atoms with Gasteiger partial charge in [-0.15, -0.1) is 11.3 Å². The van der Waals surface area contributed by atoms with Crippen molar-refractivity contribution in [3.8, 4) is 0 Å². The fourth-order valence-electron chi connectivity index (χ4n) is 1.96. The predicted molar refractivity (Wildman–Crippen MR) is 81.3 cm³/mol. The highest BCUT2D eigenvalue weighted by molar-refractivity contribution is 9.12. The molecule has 3 nitrogen and oxygen atoms in total. The largest absolute Gasteiger partial charge is 0.467 e. The Morgan fingerprint density at radius 2 is 2.26 bits per heavy atom. The van der Waals surface area contributed by atoms with Crippen molar-refractivity contribution in [1.82, 2.24) is 4.90 Å². The van der Waals surface area contributed by atoms with Crippen LogP contribution in [0.2, 0.25) is 0 Å². The molecule has 2 aromatic heterocycles. The van der Waals surface area contributed by atoms with Gasteiger partial charge in [-0.2, -0.15) is 0 Å². The van der Waals surface area contributed by atoms with E-state index in [1.807, 2.05) is 23.1 Å². The van der Waals surface area contributed by atoms with Crippen LogP contribution < -0.4 is 0 Å². The first kappa shape index (κ1) is 13.4. The molecule has 0 spiro atoms. The van der Waals surface area contributed by atoms with Crippen molar-refractivity contribution in [3.05, 3.63) is 43.4 Å². The van der Waals surface area contributed by atoms with E-state index in [1.165, 1.54) is 11.3 Å². The van der Waals surface area contributed by atoms with Crippen molar-refractivity contribution in [2.45, 2.75) is 25.4 Å². The molecule has 1 aliphatic rings. The quantitative estimate of drug-likeness (QED) is 0.741. The van der Waals surface area contributed by atoms with Gasteiger partial charge in [0, 0.05) is 6.04 Å². The Morgan fingerprint density at radius 1 is 1.47 bits per heavy atom. The van der Waals surface area contributed by atoms with Gasteiger partial charge in [0.2, 0.25) is 0 Å². The van der Waals surface area contributed by atoms with Gasteiger partial charge in [0.05, 0.1) is 25.9 Å². The lowest BCUT2D eigenvalue weighted by Crippen LogP contribution is -2.32. The van der Waals surface area contributed by atoms with E-state index >= 15 is 0 Å². The summed E-state index contributed by atoms with van der Waals surface area (Å²) in [6.07, 6.45) is 3.80. The Kier molecular flexibility index (Phi) is 3.82. The molecule has 0 bridgehead atoms. The highest BCUT2D eigenvalue weighted by Crippen LogP contribution is 2.36. The average Bonchev–Trinajstić information content (AvgIpc) is 2.97. The van der Waals surface area contributed by atoms with Crippen LogP contribution >= 0.6 is 43.2 Å². The maximum Gasteiger partial charge on any atom is 0.256 e. The standard InChI is InChI=1S/C13H11Br2NO2S/c14-11-6-10(12(15)19-11)13(17)16(8-3-4-8)7-9-2-1-5-18-9/h1-2,5-6,8H,3-4,7H2.